The number of carbonyl (C=O) groups is 2. The van der Waals surface area contributed by atoms with Gasteiger partial charge in [0.1, 0.15) is 5.02 Å². The summed E-state index contributed by atoms with van der Waals surface area (Å²) in [5, 5.41) is 9.93. The Hall–Kier alpha value is -4.77. The number of rotatable bonds is 6. The lowest BCUT2D eigenvalue weighted by molar-refractivity contribution is 0.101. The van der Waals surface area contributed by atoms with E-state index in [4.69, 9.17) is 11.6 Å². The minimum absolute atomic E-state index is 0.103. The Labute approximate surface area is 229 Å². The number of anilines is 4. The van der Waals surface area contributed by atoms with Crippen LogP contribution in [0.2, 0.25) is 5.02 Å². The molecule has 3 amide bonds. The van der Waals surface area contributed by atoms with E-state index in [1.807, 2.05) is 41.1 Å². The highest BCUT2D eigenvalue weighted by Gasteiger charge is 2.24. The number of nitrogens with zero attached hydrogens (tertiary/aromatic N) is 6. The van der Waals surface area contributed by atoms with Crippen LogP contribution in [0.25, 0.3) is 5.69 Å². The summed E-state index contributed by atoms with van der Waals surface area (Å²) in [5.74, 6) is 0.654. The third kappa shape index (κ3) is 5.43. The van der Waals surface area contributed by atoms with E-state index in [1.165, 1.54) is 6.20 Å². The lowest BCUT2D eigenvalue weighted by Gasteiger charge is -2.32. The maximum atomic E-state index is 12.8. The highest BCUT2D eigenvalue weighted by atomic mass is 35.5. The van der Waals surface area contributed by atoms with Gasteiger partial charge in [-0.1, -0.05) is 11.6 Å². The lowest BCUT2D eigenvalue weighted by Crippen LogP contribution is -2.44. The molecule has 0 bridgehead atoms. The molecule has 12 heteroatoms. The molecule has 196 valence electrons. The van der Waals surface area contributed by atoms with Gasteiger partial charge in [0.05, 0.1) is 18.1 Å². The molecule has 0 saturated carbocycles. The van der Waals surface area contributed by atoms with Gasteiger partial charge in [0.25, 0.3) is 5.91 Å². The minimum Gasteiger partial charge on any atom is -0.366 e. The van der Waals surface area contributed by atoms with Gasteiger partial charge < -0.3 is 25.4 Å². The number of imidazole rings is 1. The molecular formula is C27H24ClN9O2. The summed E-state index contributed by atoms with van der Waals surface area (Å²) in [6.07, 6.45) is 9.89. The highest BCUT2D eigenvalue weighted by Crippen LogP contribution is 2.26. The van der Waals surface area contributed by atoms with Gasteiger partial charge in [-0.25, -0.2) is 19.8 Å². The van der Waals surface area contributed by atoms with Crippen molar-refractivity contribution >= 4 is 52.9 Å². The zero-order valence-electron chi connectivity index (χ0n) is 20.7. The van der Waals surface area contributed by atoms with Crippen LogP contribution in [0, 0.1) is 0 Å². The average Bonchev–Trinajstić information content (AvgIpc) is 3.62. The van der Waals surface area contributed by atoms with Crippen LogP contribution in [0.4, 0.5) is 27.9 Å². The van der Waals surface area contributed by atoms with Crippen LogP contribution < -0.4 is 16.0 Å². The Morgan fingerprint density at radius 3 is 2.62 bits per heavy atom. The second-order valence-corrected chi connectivity index (χ2v) is 9.64. The fourth-order valence-corrected chi connectivity index (χ4v) is 4.69. The molecule has 0 spiro atoms. The van der Waals surface area contributed by atoms with Crippen molar-refractivity contribution in [3.8, 4) is 5.69 Å². The Morgan fingerprint density at radius 2 is 1.85 bits per heavy atom. The van der Waals surface area contributed by atoms with Crippen molar-refractivity contribution < 1.29 is 9.59 Å². The molecule has 0 unspecified atom stereocenters. The van der Waals surface area contributed by atoms with Crippen LogP contribution in [0.3, 0.4) is 0 Å². The molecule has 2 aliphatic heterocycles. The number of amides is 3. The first-order chi connectivity index (χ1) is 19.0. The molecular weight excluding hydrogens is 518 g/mol. The number of hydrogen-bond acceptors (Lipinski definition) is 7. The monoisotopic (exact) mass is 541 g/mol. The number of fused-ring (bicyclic) bond motifs is 1. The van der Waals surface area contributed by atoms with E-state index in [1.54, 1.807) is 35.8 Å². The van der Waals surface area contributed by atoms with Crippen LogP contribution in [0.15, 0.2) is 72.4 Å². The second-order valence-electron chi connectivity index (χ2n) is 9.23. The normalized spacial score (nSPS) is 14.8. The van der Waals surface area contributed by atoms with Gasteiger partial charge in [-0.2, -0.15) is 4.98 Å². The Bertz CT molecular complexity index is 1550. The summed E-state index contributed by atoms with van der Waals surface area (Å²) < 4.78 is 1.90. The third-order valence-corrected chi connectivity index (χ3v) is 6.92. The van der Waals surface area contributed by atoms with E-state index in [0.717, 1.165) is 35.5 Å². The number of urea groups is 1. The smallest absolute Gasteiger partial charge is 0.321 e. The standard InChI is InChI=1S/C27H24ClN9O2/c28-23-15-31-26(33-20-3-6-22-17(13-20)14-30-25(22)38)35-24(23)32-19-7-10-36(11-8-19)27(39)34-18-1-4-21(5-2-18)37-12-9-29-16-37/h1-6,9,12-16,19H,7-8,10-11H2,(H,34,39)(H2,31,32,33,35). The number of halogens is 1. The average molecular weight is 542 g/mol. The van der Waals surface area contributed by atoms with E-state index in [0.29, 0.717) is 35.4 Å². The van der Waals surface area contributed by atoms with Gasteiger partial charge in [0, 0.05) is 60.4 Å². The molecule has 2 aromatic heterocycles. The summed E-state index contributed by atoms with van der Waals surface area (Å²) in [6, 6.07) is 12.9. The Kier molecular flexibility index (Phi) is 6.64. The molecule has 39 heavy (non-hydrogen) atoms. The number of hydrogen-bond donors (Lipinski definition) is 3. The van der Waals surface area contributed by atoms with Gasteiger partial charge in [-0.3, -0.25) is 4.79 Å². The number of likely N-dealkylation sites (tertiary alicyclic amines) is 1. The highest BCUT2D eigenvalue weighted by molar-refractivity contribution is 6.32. The molecule has 6 rings (SSSR count). The van der Waals surface area contributed by atoms with Crippen LogP contribution >= 0.6 is 11.6 Å². The minimum atomic E-state index is -0.241. The molecule has 1 fully saturated rings. The van der Waals surface area contributed by atoms with Crippen LogP contribution in [0.5, 0.6) is 0 Å². The summed E-state index contributed by atoms with van der Waals surface area (Å²) in [7, 11) is 0. The van der Waals surface area contributed by atoms with Gasteiger partial charge in [0.15, 0.2) is 5.82 Å². The van der Waals surface area contributed by atoms with E-state index in [2.05, 4.69) is 35.9 Å². The summed E-state index contributed by atoms with van der Waals surface area (Å²) in [4.78, 5) is 43.0. The van der Waals surface area contributed by atoms with Crippen molar-refractivity contribution in [3.05, 3.63) is 83.5 Å². The molecule has 1 saturated heterocycles. The van der Waals surface area contributed by atoms with Crippen LogP contribution in [-0.2, 0) is 0 Å². The molecule has 3 N–H and O–H groups in total. The largest absolute Gasteiger partial charge is 0.366 e. The van der Waals surface area contributed by atoms with Crippen molar-refractivity contribution in [1.29, 1.82) is 0 Å². The summed E-state index contributed by atoms with van der Waals surface area (Å²) in [5.41, 5.74) is 3.76. The fourth-order valence-electron chi connectivity index (χ4n) is 4.55. The zero-order valence-corrected chi connectivity index (χ0v) is 21.5. The van der Waals surface area contributed by atoms with Gasteiger partial charge in [-0.05, 0) is 55.3 Å². The van der Waals surface area contributed by atoms with Gasteiger partial charge >= 0.3 is 6.03 Å². The van der Waals surface area contributed by atoms with E-state index < -0.39 is 0 Å². The maximum Gasteiger partial charge on any atom is 0.321 e. The number of benzene rings is 2. The van der Waals surface area contributed by atoms with E-state index >= 15 is 0 Å². The lowest BCUT2D eigenvalue weighted by atomic mass is 10.1. The zero-order chi connectivity index (χ0) is 26.8. The molecule has 0 radical (unpaired) electrons. The predicted octanol–water partition coefficient (Wildman–Crippen LogP) is 4.74. The van der Waals surface area contributed by atoms with Crippen LogP contribution in [0.1, 0.15) is 28.8 Å². The molecule has 4 heterocycles. The third-order valence-electron chi connectivity index (χ3n) is 6.65. The Balaban J connectivity index is 1.03. The van der Waals surface area contributed by atoms with Crippen LogP contribution in [-0.4, -0.2) is 61.7 Å². The van der Waals surface area contributed by atoms with E-state index in [-0.39, 0.29) is 18.0 Å². The molecule has 11 nitrogen and oxygen atoms in total. The SMILES string of the molecule is O=C1N=Cc2cc(Nc3ncc(Cl)c(NC4CCN(C(=O)Nc5ccc(-n6ccnc6)cc5)CC4)n3)ccc21. The van der Waals surface area contributed by atoms with Gasteiger partial charge in [-0.15, -0.1) is 0 Å². The molecule has 2 aliphatic rings. The maximum absolute atomic E-state index is 12.8. The second kappa shape index (κ2) is 10.5. The first kappa shape index (κ1) is 24.6. The summed E-state index contributed by atoms with van der Waals surface area (Å²) >= 11 is 6.37. The van der Waals surface area contributed by atoms with Crippen molar-refractivity contribution in [3.63, 3.8) is 0 Å². The van der Waals surface area contributed by atoms with Crippen molar-refractivity contribution in [2.45, 2.75) is 18.9 Å². The topological polar surface area (TPSA) is 129 Å². The Morgan fingerprint density at radius 1 is 1.05 bits per heavy atom. The number of aromatic nitrogens is 4. The fraction of sp³-hybridized carbons (Fsp3) is 0.185. The first-order valence-corrected chi connectivity index (χ1v) is 12.8. The van der Waals surface area contributed by atoms with Crippen molar-refractivity contribution in [2.75, 3.05) is 29.0 Å². The number of nitrogens with one attached hydrogen (secondary N) is 3. The number of piperidine rings is 1. The van der Waals surface area contributed by atoms with Gasteiger partial charge in [0.2, 0.25) is 5.95 Å². The molecule has 4 aromatic rings. The van der Waals surface area contributed by atoms with E-state index in [9.17, 15) is 9.59 Å². The molecule has 0 atom stereocenters. The predicted molar refractivity (Wildman–Crippen MR) is 149 cm³/mol. The molecule has 0 aliphatic carbocycles. The molecule has 2 aromatic carbocycles. The first-order valence-electron chi connectivity index (χ1n) is 12.4. The van der Waals surface area contributed by atoms with Crippen molar-refractivity contribution in [2.24, 2.45) is 4.99 Å². The number of aliphatic imine (C=N–C) groups is 1. The van der Waals surface area contributed by atoms with Crippen molar-refractivity contribution in [1.82, 2.24) is 24.4 Å². The quantitative estimate of drug-likeness (QED) is 0.321. The summed E-state index contributed by atoms with van der Waals surface area (Å²) in [6.45, 7) is 1.19. The number of carbonyl (C=O) groups excluding carboxylic acids is 2.